The van der Waals surface area contributed by atoms with E-state index in [1.54, 1.807) is 14.0 Å². The van der Waals surface area contributed by atoms with Gasteiger partial charge >= 0.3 is 0 Å². The molecule has 0 aliphatic carbocycles. The molecule has 6 heteroatoms. The molecule has 4 nitrogen and oxygen atoms in total. The van der Waals surface area contributed by atoms with Crippen LogP contribution in [0.25, 0.3) is 10.8 Å². The Bertz CT molecular complexity index is 452. The lowest BCUT2D eigenvalue weighted by molar-refractivity contribution is 0.415. The molecule has 0 bridgehead atoms. The highest BCUT2D eigenvalue weighted by atomic mass is 35.5. The number of rotatable bonds is 3. The Morgan fingerprint density at radius 1 is 1.53 bits per heavy atom. The topological polar surface area (TPSA) is 48.2 Å². The summed E-state index contributed by atoms with van der Waals surface area (Å²) in [5.74, 6) is 1.60. The lowest BCUT2D eigenvalue weighted by Gasteiger charge is -1.96. The van der Waals surface area contributed by atoms with E-state index in [4.69, 9.17) is 20.8 Å². The van der Waals surface area contributed by atoms with Crippen LogP contribution < -0.4 is 4.74 Å². The number of nitrogens with zero attached hydrogens (tertiary/aromatic N) is 2. The summed E-state index contributed by atoms with van der Waals surface area (Å²) >= 11 is 7.32. The van der Waals surface area contributed by atoms with Gasteiger partial charge < -0.3 is 9.15 Å². The fourth-order valence-electron chi connectivity index (χ4n) is 1.10. The van der Waals surface area contributed by atoms with E-state index in [0.717, 1.165) is 10.6 Å². The van der Waals surface area contributed by atoms with Crippen LogP contribution in [0.5, 0.6) is 5.75 Å². The molecule has 2 rings (SSSR count). The van der Waals surface area contributed by atoms with Crippen molar-refractivity contribution < 1.29 is 9.15 Å². The van der Waals surface area contributed by atoms with Crippen molar-refractivity contribution in [1.82, 2.24) is 10.2 Å². The second kappa shape index (κ2) is 4.20. The van der Waals surface area contributed by atoms with Gasteiger partial charge in [0, 0.05) is 0 Å². The van der Waals surface area contributed by atoms with Gasteiger partial charge in [-0.3, -0.25) is 0 Å². The molecule has 0 saturated heterocycles. The Morgan fingerprint density at radius 2 is 2.33 bits per heavy atom. The summed E-state index contributed by atoms with van der Waals surface area (Å²) in [7, 11) is 1.60. The van der Waals surface area contributed by atoms with Gasteiger partial charge in [-0.2, -0.15) is 0 Å². The van der Waals surface area contributed by atoms with Gasteiger partial charge in [-0.15, -0.1) is 33.1 Å². The number of hydrogen-bond donors (Lipinski definition) is 0. The number of alkyl halides is 1. The van der Waals surface area contributed by atoms with Crippen molar-refractivity contribution in [3.8, 4) is 16.5 Å². The van der Waals surface area contributed by atoms with E-state index in [9.17, 15) is 0 Å². The molecule has 0 saturated carbocycles. The largest absolute Gasteiger partial charge is 0.495 e. The highest BCUT2D eigenvalue weighted by molar-refractivity contribution is 7.13. The van der Waals surface area contributed by atoms with E-state index in [2.05, 4.69) is 10.2 Å². The zero-order valence-corrected chi connectivity index (χ0v) is 9.80. The monoisotopic (exact) mass is 244 g/mol. The first kappa shape index (κ1) is 10.4. The maximum absolute atomic E-state index is 5.83. The molecule has 1 atom stereocenters. The Balaban J connectivity index is 2.37. The first-order valence-electron chi connectivity index (χ1n) is 4.31. The zero-order chi connectivity index (χ0) is 10.8. The van der Waals surface area contributed by atoms with Crippen molar-refractivity contribution in [1.29, 1.82) is 0 Å². The summed E-state index contributed by atoms with van der Waals surface area (Å²) in [5.41, 5.74) is 0. The maximum Gasteiger partial charge on any atom is 0.261 e. The summed E-state index contributed by atoms with van der Waals surface area (Å²) in [6.45, 7) is 1.78. The predicted octanol–water partition coefficient (Wildman–Crippen LogP) is 3.11. The van der Waals surface area contributed by atoms with Crippen LogP contribution in [0.2, 0.25) is 0 Å². The molecule has 0 amide bonds. The second-order valence-corrected chi connectivity index (χ2v) is 4.45. The van der Waals surface area contributed by atoms with Gasteiger partial charge in [0.1, 0.15) is 16.0 Å². The predicted molar refractivity (Wildman–Crippen MR) is 58.4 cm³/mol. The third kappa shape index (κ3) is 1.98. The summed E-state index contributed by atoms with van der Waals surface area (Å²) in [5, 5.41) is 9.39. The maximum atomic E-state index is 5.83. The Labute approximate surface area is 95.8 Å². The summed E-state index contributed by atoms with van der Waals surface area (Å²) in [6, 6.07) is 1.86. The zero-order valence-electron chi connectivity index (χ0n) is 8.23. The summed E-state index contributed by atoms with van der Waals surface area (Å²) in [4.78, 5) is 0.827. The van der Waals surface area contributed by atoms with Crippen LogP contribution >= 0.6 is 22.9 Å². The standard InChI is InChI=1S/C9H9ClN2O2S/c1-5(10)8-11-12-9(14-8)7-6(13-2)3-4-15-7/h3-5H,1-2H3. The summed E-state index contributed by atoms with van der Waals surface area (Å²) in [6.07, 6.45) is 0. The molecule has 15 heavy (non-hydrogen) atoms. The fourth-order valence-corrected chi connectivity index (χ4v) is 1.97. The first-order chi connectivity index (χ1) is 7.22. The number of aromatic nitrogens is 2. The van der Waals surface area contributed by atoms with Gasteiger partial charge in [-0.05, 0) is 18.4 Å². The van der Waals surface area contributed by atoms with Crippen LogP contribution in [0.15, 0.2) is 15.9 Å². The van der Waals surface area contributed by atoms with E-state index in [1.807, 2.05) is 11.4 Å². The molecule has 80 valence electrons. The Kier molecular flexibility index (Phi) is 2.93. The molecule has 0 spiro atoms. The Morgan fingerprint density at radius 3 is 2.93 bits per heavy atom. The highest BCUT2D eigenvalue weighted by Gasteiger charge is 2.16. The van der Waals surface area contributed by atoms with Gasteiger partial charge in [-0.1, -0.05) is 0 Å². The van der Waals surface area contributed by atoms with Crippen LogP contribution in [0.3, 0.4) is 0 Å². The van der Waals surface area contributed by atoms with Crippen LogP contribution in [-0.2, 0) is 0 Å². The lowest BCUT2D eigenvalue weighted by atomic mass is 10.4. The van der Waals surface area contributed by atoms with Crippen LogP contribution in [0.1, 0.15) is 18.2 Å². The molecule has 2 heterocycles. The van der Waals surface area contributed by atoms with Crippen molar-refractivity contribution in [2.75, 3.05) is 7.11 Å². The fraction of sp³-hybridized carbons (Fsp3) is 0.333. The van der Waals surface area contributed by atoms with E-state index >= 15 is 0 Å². The Hall–Kier alpha value is -1.07. The average molecular weight is 245 g/mol. The van der Waals surface area contributed by atoms with Crippen molar-refractivity contribution in [2.24, 2.45) is 0 Å². The van der Waals surface area contributed by atoms with Crippen LogP contribution in [-0.4, -0.2) is 17.3 Å². The molecule has 0 fully saturated rings. The SMILES string of the molecule is COc1ccsc1-c1nnc(C(C)Cl)o1. The number of halogens is 1. The molecule has 0 aromatic carbocycles. The van der Waals surface area contributed by atoms with Gasteiger partial charge in [0.05, 0.1) is 7.11 Å². The van der Waals surface area contributed by atoms with Crippen molar-refractivity contribution in [3.05, 3.63) is 17.3 Å². The third-order valence-electron chi connectivity index (χ3n) is 1.82. The molecular formula is C9H9ClN2O2S. The van der Waals surface area contributed by atoms with Crippen molar-refractivity contribution >= 4 is 22.9 Å². The van der Waals surface area contributed by atoms with E-state index in [-0.39, 0.29) is 5.38 Å². The smallest absolute Gasteiger partial charge is 0.261 e. The molecule has 2 aromatic heterocycles. The minimum absolute atomic E-state index is 0.280. The molecule has 1 unspecified atom stereocenters. The third-order valence-corrected chi connectivity index (χ3v) is 2.89. The van der Waals surface area contributed by atoms with Gasteiger partial charge in [-0.25, -0.2) is 0 Å². The lowest BCUT2D eigenvalue weighted by Crippen LogP contribution is -1.82. The minimum Gasteiger partial charge on any atom is -0.495 e. The number of methoxy groups -OCH3 is 1. The molecule has 0 aliphatic heterocycles. The van der Waals surface area contributed by atoms with E-state index in [1.165, 1.54) is 11.3 Å². The van der Waals surface area contributed by atoms with E-state index < -0.39 is 0 Å². The molecule has 2 aromatic rings. The molecular weight excluding hydrogens is 236 g/mol. The van der Waals surface area contributed by atoms with Crippen molar-refractivity contribution in [2.45, 2.75) is 12.3 Å². The number of hydrogen-bond acceptors (Lipinski definition) is 5. The molecule has 0 aliphatic rings. The number of thiophene rings is 1. The van der Waals surface area contributed by atoms with Gasteiger partial charge in [0.2, 0.25) is 5.89 Å². The normalized spacial score (nSPS) is 12.7. The van der Waals surface area contributed by atoms with Crippen molar-refractivity contribution in [3.63, 3.8) is 0 Å². The number of ether oxygens (including phenoxy) is 1. The molecule has 0 radical (unpaired) electrons. The van der Waals surface area contributed by atoms with Gasteiger partial charge in [0.15, 0.2) is 0 Å². The second-order valence-electron chi connectivity index (χ2n) is 2.88. The van der Waals surface area contributed by atoms with E-state index in [0.29, 0.717) is 11.8 Å². The average Bonchev–Trinajstić information content (AvgIpc) is 2.85. The molecule has 0 N–H and O–H groups in total. The van der Waals surface area contributed by atoms with Crippen LogP contribution in [0.4, 0.5) is 0 Å². The van der Waals surface area contributed by atoms with Crippen LogP contribution in [0, 0.1) is 0 Å². The quantitative estimate of drug-likeness (QED) is 0.779. The highest BCUT2D eigenvalue weighted by Crippen LogP contribution is 2.35. The van der Waals surface area contributed by atoms with Gasteiger partial charge in [0.25, 0.3) is 5.89 Å². The first-order valence-corrected chi connectivity index (χ1v) is 5.63. The minimum atomic E-state index is -0.280. The summed E-state index contributed by atoms with van der Waals surface area (Å²) < 4.78 is 10.6.